The molecule has 3 aliphatic rings. The standard InChI is InChI=1S/C24H34FN3O3/c1-3-27-13-10-24(22(27)30)18-26(14-15-31-2)17-23(24)8-11-28(12-9-23)21(29)16-19-4-6-20(25)7-5-19/h4-7H,3,8-18H2,1-2H3. The molecule has 2 spiro atoms. The van der Waals surface area contributed by atoms with E-state index in [9.17, 15) is 14.0 Å². The summed E-state index contributed by atoms with van der Waals surface area (Å²) in [5, 5.41) is 0. The van der Waals surface area contributed by atoms with Crippen molar-refractivity contribution in [1.82, 2.24) is 14.7 Å². The lowest BCUT2D eigenvalue weighted by Gasteiger charge is -2.47. The highest BCUT2D eigenvalue weighted by atomic mass is 19.1. The summed E-state index contributed by atoms with van der Waals surface area (Å²) in [5.74, 6) is 0.0988. The molecule has 3 saturated heterocycles. The van der Waals surface area contributed by atoms with Gasteiger partial charge in [-0.1, -0.05) is 12.1 Å². The molecule has 3 heterocycles. The first-order chi connectivity index (χ1) is 14.9. The number of halogens is 1. The zero-order valence-corrected chi connectivity index (χ0v) is 18.7. The average Bonchev–Trinajstić information content (AvgIpc) is 3.26. The fourth-order valence-electron chi connectivity index (χ4n) is 6.05. The number of likely N-dealkylation sites (tertiary alicyclic amines) is 3. The van der Waals surface area contributed by atoms with Crippen molar-refractivity contribution in [2.45, 2.75) is 32.6 Å². The van der Waals surface area contributed by atoms with E-state index in [1.165, 1.54) is 12.1 Å². The molecule has 1 aromatic rings. The number of rotatable bonds is 6. The van der Waals surface area contributed by atoms with Crippen LogP contribution < -0.4 is 0 Å². The largest absolute Gasteiger partial charge is 0.383 e. The van der Waals surface area contributed by atoms with Crippen molar-refractivity contribution in [3.05, 3.63) is 35.6 Å². The molecule has 0 aromatic heterocycles. The molecule has 0 saturated carbocycles. The number of ether oxygens (including phenoxy) is 1. The lowest BCUT2D eigenvalue weighted by Crippen LogP contribution is -2.53. The maximum atomic E-state index is 13.5. The van der Waals surface area contributed by atoms with Crippen LogP contribution in [0, 0.1) is 16.6 Å². The van der Waals surface area contributed by atoms with Crippen molar-refractivity contribution >= 4 is 11.8 Å². The molecule has 3 aliphatic heterocycles. The zero-order valence-electron chi connectivity index (χ0n) is 18.7. The first kappa shape index (κ1) is 22.2. The Bertz CT molecular complexity index is 807. The van der Waals surface area contributed by atoms with Crippen LogP contribution in [0.4, 0.5) is 4.39 Å². The quantitative estimate of drug-likeness (QED) is 0.693. The minimum Gasteiger partial charge on any atom is -0.383 e. The van der Waals surface area contributed by atoms with Gasteiger partial charge < -0.3 is 14.5 Å². The Morgan fingerprint density at radius 1 is 1.10 bits per heavy atom. The molecular formula is C24H34FN3O3. The Hall–Kier alpha value is -1.99. The van der Waals surface area contributed by atoms with Crippen molar-refractivity contribution in [2.75, 3.05) is 59.5 Å². The Kier molecular flexibility index (Phi) is 6.35. The number of amides is 2. The van der Waals surface area contributed by atoms with Gasteiger partial charge in [-0.3, -0.25) is 14.5 Å². The van der Waals surface area contributed by atoms with Crippen molar-refractivity contribution in [2.24, 2.45) is 10.8 Å². The van der Waals surface area contributed by atoms with E-state index in [4.69, 9.17) is 4.74 Å². The monoisotopic (exact) mass is 431 g/mol. The lowest BCUT2D eigenvalue weighted by atomic mass is 9.60. The van der Waals surface area contributed by atoms with Crippen LogP contribution in [-0.4, -0.2) is 86.0 Å². The van der Waals surface area contributed by atoms with E-state index in [0.717, 1.165) is 57.5 Å². The Morgan fingerprint density at radius 3 is 2.42 bits per heavy atom. The summed E-state index contributed by atoms with van der Waals surface area (Å²) >= 11 is 0. The summed E-state index contributed by atoms with van der Waals surface area (Å²) in [6.45, 7) is 8.22. The average molecular weight is 432 g/mol. The number of fused-ring (bicyclic) bond motifs is 1. The summed E-state index contributed by atoms with van der Waals surface area (Å²) in [6, 6.07) is 6.15. The van der Waals surface area contributed by atoms with Crippen LogP contribution in [-0.2, 0) is 20.7 Å². The van der Waals surface area contributed by atoms with Crippen LogP contribution in [0.25, 0.3) is 0 Å². The van der Waals surface area contributed by atoms with Crippen LogP contribution >= 0.6 is 0 Å². The van der Waals surface area contributed by atoms with Crippen molar-refractivity contribution in [1.29, 1.82) is 0 Å². The van der Waals surface area contributed by atoms with E-state index in [1.807, 2.05) is 9.80 Å². The highest BCUT2D eigenvalue weighted by Crippen LogP contribution is 2.57. The van der Waals surface area contributed by atoms with Gasteiger partial charge in [-0.15, -0.1) is 0 Å². The molecule has 1 unspecified atom stereocenters. The maximum absolute atomic E-state index is 13.5. The number of piperidine rings is 1. The number of nitrogens with zero attached hydrogens (tertiary/aromatic N) is 3. The van der Waals surface area contributed by atoms with E-state index in [1.54, 1.807) is 19.2 Å². The fraction of sp³-hybridized carbons (Fsp3) is 0.667. The van der Waals surface area contributed by atoms with Gasteiger partial charge in [0.25, 0.3) is 0 Å². The van der Waals surface area contributed by atoms with Crippen LogP contribution in [0.2, 0.25) is 0 Å². The molecule has 2 amide bonds. The third-order valence-electron chi connectivity index (χ3n) is 7.88. The topological polar surface area (TPSA) is 53.1 Å². The number of benzene rings is 1. The predicted octanol–water partition coefficient (Wildman–Crippen LogP) is 2.18. The fourth-order valence-corrected chi connectivity index (χ4v) is 6.05. The van der Waals surface area contributed by atoms with Crippen LogP contribution in [0.15, 0.2) is 24.3 Å². The van der Waals surface area contributed by atoms with Crippen LogP contribution in [0.5, 0.6) is 0 Å². The molecular weight excluding hydrogens is 397 g/mol. The summed E-state index contributed by atoms with van der Waals surface area (Å²) < 4.78 is 18.4. The molecule has 1 aromatic carbocycles. The lowest BCUT2D eigenvalue weighted by molar-refractivity contribution is -0.143. The van der Waals surface area contributed by atoms with Crippen LogP contribution in [0.3, 0.4) is 0 Å². The van der Waals surface area contributed by atoms with Crippen molar-refractivity contribution in [3.8, 4) is 0 Å². The second kappa shape index (κ2) is 8.87. The molecule has 31 heavy (non-hydrogen) atoms. The van der Waals surface area contributed by atoms with Gasteiger partial charge in [0.1, 0.15) is 5.82 Å². The molecule has 0 bridgehead atoms. The Balaban J connectivity index is 1.47. The normalized spacial score (nSPS) is 25.8. The van der Waals surface area contributed by atoms with Crippen LogP contribution in [0.1, 0.15) is 31.7 Å². The second-order valence-electron chi connectivity index (χ2n) is 9.38. The minimum absolute atomic E-state index is 0.0750. The first-order valence-electron chi connectivity index (χ1n) is 11.5. The Labute approximate surface area is 184 Å². The summed E-state index contributed by atoms with van der Waals surface area (Å²) in [7, 11) is 1.71. The van der Waals surface area contributed by atoms with Crippen molar-refractivity contribution in [3.63, 3.8) is 0 Å². The van der Waals surface area contributed by atoms with Gasteiger partial charge in [-0.05, 0) is 43.9 Å². The SMILES string of the molecule is CCN1CCC2(CN(CCOC)CC23CCN(C(=O)Cc2ccc(F)cc2)CC3)C1=O. The van der Waals surface area contributed by atoms with Crippen molar-refractivity contribution < 1.29 is 18.7 Å². The highest BCUT2D eigenvalue weighted by Gasteiger charge is 2.64. The molecule has 0 N–H and O–H groups in total. The molecule has 6 nitrogen and oxygen atoms in total. The number of carbonyl (C=O) groups is 2. The van der Waals surface area contributed by atoms with E-state index < -0.39 is 0 Å². The van der Waals surface area contributed by atoms with Gasteiger partial charge in [0, 0.05) is 58.3 Å². The molecule has 0 aliphatic carbocycles. The second-order valence-corrected chi connectivity index (χ2v) is 9.38. The van der Waals surface area contributed by atoms with Gasteiger partial charge in [-0.25, -0.2) is 4.39 Å². The predicted molar refractivity (Wildman–Crippen MR) is 116 cm³/mol. The number of methoxy groups -OCH3 is 1. The third kappa shape index (κ3) is 3.98. The van der Waals surface area contributed by atoms with Gasteiger partial charge >= 0.3 is 0 Å². The third-order valence-corrected chi connectivity index (χ3v) is 7.88. The summed E-state index contributed by atoms with van der Waals surface area (Å²) in [4.78, 5) is 32.7. The smallest absolute Gasteiger partial charge is 0.230 e. The number of hydrogen-bond donors (Lipinski definition) is 0. The molecule has 0 radical (unpaired) electrons. The Morgan fingerprint density at radius 2 is 1.81 bits per heavy atom. The summed E-state index contributed by atoms with van der Waals surface area (Å²) in [5.41, 5.74) is 0.427. The molecule has 1 atom stereocenters. The van der Waals surface area contributed by atoms with Gasteiger partial charge in [0.15, 0.2) is 0 Å². The molecule has 170 valence electrons. The minimum atomic E-state index is -0.331. The number of carbonyl (C=O) groups excluding carboxylic acids is 2. The van der Waals surface area contributed by atoms with E-state index in [2.05, 4.69) is 11.8 Å². The zero-order chi connectivity index (χ0) is 22.1. The number of hydrogen-bond acceptors (Lipinski definition) is 4. The van der Waals surface area contributed by atoms with E-state index in [-0.39, 0.29) is 22.6 Å². The summed E-state index contributed by atoms with van der Waals surface area (Å²) in [6.07, 6.45) is 2.91. The highest BCUT2D eigenvalue weighted by molar-refractivity contribution is 5.87. The molecule has 3 fully saturated rings. The first-order valence-corrected chi connectivity index (χ1v) is 11.5. The van der Waals surface area contributed by atoms with Gasteiger partial charge in [-0.2, -0.15) is 0 Å². The van der Waals surface area contributed by atoms with Gasteiger partial charge in [0.2, 0.25) is 11.8 Å². The van der Waals surface area contributed by atoms with E-state index >= 15 is 0 Å². The molecule has 4 rings (SSSR count). The maximum Gasteiger partial charge on any atom is 0.230 e. The molecule has 7 heteroatoms. The van der Waals surface area contributed by atoms with Gasteiger partial charge in [0.05, 0.1) is 18.4 Å². The van der Waals surface area contributed by atoms with E-state index in [0.29, 0.717) is 32.0 Å².